The van der Waals surface area contributed by atoms with Crippen molar-refractivity contribution in [3.05, 3.63) is 30.4 Å². The van der Waals surface area contributed by atoms with Crippen molar-refractivity contribution in [2.75, 3.05) is 11.9 Å². The average molecular weight is 485 g/mol. The van der Waals surface area contributed by atoms with Gasteiger partial charge in [0, 0.05) is 6.54 Å². The third-order valence-electron chi connectivity index (χ3n) is 4.97. The van der Waals surface area contributed by atoms with Gasteiger partial charge in [-0.15, -0.1) is 0 Å². The first-order valence-electron chi connectivity index (χ1n) is 9.42. The molecular formula is C17H20N5O10P. The van der Waals surface area contributed by atoms with Crippen LogP contribution in [0.5, 0.6) is 17.2 Å². The van der Waals surface area contributed by atoms with Crippen molar-refractivity contribution < 1.29 is 49.1 Å². The molecule has 0 amide bonds. The molecule has 1 aliphatic rings. The molecular weight excluding hydrogens is 465 g/mol. The van der Waals surface area contributed by atoms with Gasteiger partial charge in [-0.05, 0) is 17.7 Å². The summed E-state index contributed by atoms with van der Waals surface area (Å²) < 4.78 is 22.1. The lowest BCUT2D eigenvalue weighted by atomic mass is 10.1. The first-order chi connectivity index (χ1) is 15.5. The zero-order valence-electron chi connectivity index (χ0n) is 16.6. The number of benzene rings is 1. The fourth-order valence-electron chi connectivity index (χ4n) is 3.38. The van der Waals surface area contributed by atoms with E-state index in [4.69, 9.17) is 14.5 Å². The molecule has 2 aromatic heterocycles. The molecule has 15 nitrogen and oxygen atoms in total. The molecule has 0 saturated carbocycles. The smallest absolute Gasteiger partial charge is 0.469 e. The van der Waals surface area contributed by atoms with E-state index in [2.05, 4.69) is 24.8 Å². The van der Waals surface area contributed by atoms with E-state index >= 15 is 0 Å². The van der Waals surface area contributed by atoms with Crippen LogP contribution in [0.2, 0.25) is 0 Å². The van der Waals surface area contributed by atoms with E-state index in [-0.39, 0.29) is 23.5 Å². The Hall–Kier alpha value is -3.04. The van der Waals surface area contributed by atoms with E-state index in [0.29, 0.717) is 5.56 Å². The van der Waals surface area contributed by atoms with Crippen molar-refractivity contribution in [1.82, 2.24) is 19.5 Å². The van der Waals surface area contributed by atoms with Crippen molar-refractivity contribution in [3.8, 4) is 17.2 Å². The summed E-state index contributed by atoms with van der Waals surface area (Å²) in [5.74, 6) is -1.36. The van der Waals surface area contributed by atoms with E-state index in [9.17, 15) is 30.1 Å². The first-order valence-corrected chi connectivity index (χ1v) is 10.9. The quantitative estimate of drug-likeness (QED) is 0.152. The molecule has 178 valence electrons. The summed E-state index contributed by atoms with van der Waals surface area (Å²) >= 11 is 0. The Morgan fingerprint density at radius 1 is 1.09 bits per heavy atom. The number of aromatic hydroxyl groups is 3. The summed E-state index contributed by atoms with van der Waals surface area (Å²) in [6.45, 7) is -0.566. The number of hydrogen-bond acceptors (Lipinski definition) is 12. The maximum Gasteiger partial charge on any atom is 0.469 e. The second-order valence-corrected chi connectivity index (χ2v) is 8.45. The van der Waals surface area contributed by atoms with Gasteiger partial charge >= 0.3 is 7.82 Å². The van der Waals surface area contributed by atoms with Crippen molar-refractivity contribution in [2.24, 2.45) is 0 Å². The lowest BCUT2D eigenvalue weighted by Crippen LogP contribution is -2.33. The highest BCUT2D eigenvalue weighted by atomic mass is 31.2. The summed E-state index contributed by atoms with van der Waals surface area (Å²) in [4.78, 5) is 30.1. The molecule has 1 aromatic carbocycles. The van der Waals surface area contributed by atoms with Crippen LogP contribution in [0.3, 0.4) is 0 Å². The molecule has 0 bridgehead atoms. The second-order valence-electron chi connectivity index (χ2n) is 7.22. The molecule has 1 aliphatic heterocycles. The highest BCUT2D eigenvalue weighted by molar-refractivity contribution is 7.46. The van der Waals surface area contributed by atoms with Crippen LogP contribution in [0.25, 0.3) is 11.2 Å². The Morgan fingerprint density at radius 3 is 2.45 bits per heavy atom. The van der Waals surface area contributed by atoms with Gasteiger partial charge in [0.2, 0.25) is 0 Å². The van der Waals surface area contributed by atoms with Gasteiger partial charge in [0.05, 0.1) is 12.9 Å². The number of ether oxygens (including phenoxy) is 1. The predicted molar refractivity (Wildman–Crippen MR) is 108 cm³/mol. The predicted octanol–water partition coefficient (Wildman–Crippen LogP) is -0.716. The second kappa shape index (κ2) is 8.72. The molecule has 16 heteroatoms. The lowest BCUT2D eigenvalue weighted by molar-refractivity contribution is -0.0504. The van der Waals surface area contributed by atoms with Gasteiger partial charge in [-0.3, -0.25) is 9.09 Å². The highest BCUT2D eigenvalue weighted by Crippen LogP contribution is 2.39. The normalized spacial score (nSPS) is 23.3. The molecule has 4 atom stereocenters. The number of anilines is 1. The number of phosphoric acid groups is 1. The SMILES string of the molecule is O=P(O)(O)OC[C@H]1O[C@@H](n2cnc3c(NCc4cc(O)c(O)c(O)c4)ncnc32)[C@H](O)[C@@H]1O. The van der Waals surface area contributed by atoms with Gasteiger partial charge in [-0.1, -0.05) is 0 Å². The number of phosphoric ester groups is 1. The fourth-order valence-corrected chi connectivity index (χ4v) is 3.72. The molecule has 1 saturated heterocycles. The van der Waals surface area contributed by atoms with Crippen LogP contribution in [-0.2, 0) is 20.4 Å². The molecule has 8 N–H and O–H groups in total. The number of aromatic nitrogens is 4. The summed E-state index contributed by atoms with van der Waals surface area (Å²) in [6, 6.07) is 2.51. The maximum absolute atomic E-state index is 10.9. The van der Waals surface area contributed by atoms with Crippen LogP contribution in [0.4, 0.5) is 5.82 Å². The summed E-state index contributed by atoms with van der Waals surface area (Å²) in [5.41, 5.74) is 0.918. The number of phenols is 3. The Bertz CT molecular complexity index is 1190. The average Bonchev–Trinajstić information content (AvgIpc) is 3.30. The number of hydrogen-bond donors (Lipinski definition) is 8. The van der Waals surface area contributed by atoms with E-state index in [1.807, 2.05) is 0 Å². The van der Waals surface area contributed by atoms with Crippen LogP contribution >= 0.6 is 7.82 Å². The molecule has 3 heterocycles. The van der Waals surface area contributed by atoms with E-state index in [1.54, 1.807) is 0 Å². The number of nitrogens with zero attached hydrogens (tertiary/aromatic N) is 4. The zero-order valence-corrected chi connectivity index (χ0v) is 17.5. The number of rotatable bonds is 7. The highest BCUT2D eigenvalue weighted by Gasteiger charge is 2.45. The van der Waals surface area contributed by atoms with Gasteiger partial charge in [-0.25, -0.2) is 19.5 Å². The molecule has 33 heavy (non-hydrogen) atoms. The first kappa shape index (κ1) is 23.1. The number of nitrogens with one attached hydrogen (secondary N) is 1. The lowest BCUT2D eigenvalue weighted by Gasteiger charge is -2.16. The van der Waals surface area contributed by atoms with Crippen LogP contribution in [0, 0.1) is 0 Å². The van der Waals surface area contributed by atoms with Crippen molar-refractivity contribution in [3.63, 3.8) is 0 Å². The minimum atomic E-state index is -4.80. The van der Waals surface area contributed by atoms with E-state index < -0.39 is 56.2 Å². The maximum atomic E-state index is 10.9. The summed E-state index contributed by atoms with van der Waals surface area (Å²) in [5, 5.41) is 52.2. The topological polar surface area (TPSA) is 233 Å². The number of phenolic OH excluding ortho intramolecular Hbond substituents is 3. The van der Waals surface area contributed by atoms with Crippen LogP contribution in [0.1, 0.15) is 11.8 Å². The van der Waals surface area contributed by atoms with Crippen molar-refractivity contribution >= 4 is 24.8 Å². The van der Waals surface area contributed by atoms with Gasteiger partial charge in [0.15, 0.2) is 40.5 Å². The number of fused-ring (bicyclic) bond motifs is 1. The standard InChI is InChI=1S/C17H20N5O10P/c23-8-1-7(2-9(24)12(8)25)3-18-15-11-16(20-5-19-15)22(6-21-11)17-14(27)13(26)10(32-17)4-31-33(28,29)30/h1-2,5-6,10,13-14,17,23-27H,3-4H2,(H,18,19,20)(H2,28,29,30)/t10-,13-,14-,17-/m1/s1. The number of aliphatic hydroxyl groups excluding tert-OH is 2. The van der Waals surface area contributed by atoms with Crippen molar-refractivity contribution in [1.29, 1.82) is 0 Å². The third-order valence-corrected chi connectivity index (χ3v) is 5.45. The van der Waals surface area contributed by atoms with E-state index in [0.717, 1.165) is 0 Å². The van der Waals surface area contributed by atoms with Crippen LogP contribution < -0.4 is 5.32 Å². The monoisotopic (exact) mass is 485 g/mol. The largest absolute Gasteiger partial charge is 0.504 e. The molecule has 1 fully saturated rings. The fraction of sp³-hybridized carbons (Fsp3) is 0.353. The van der Waals surface area contributed by atoms with Crippen LogP contribution in [-0.4, -0.2) is 79.8 Å². The van der Waals surface area contributed by atoms with Gasteiger partial charge in [0.1, 0.15) is 24.6 Å². The minimum absolute atomic E-state index is 0.0867. The molecule has 0 radical (unpaired) electrons. The van der Waals surface area contributed by atoms with Gasteiger partial charge < -0.3 is 45.4 Å². The molecule has 0 unspecified atom stereocenters. The minimum Gasteiger partial charge on any atom is -0.504 e. The zero-order chi connectivity index (χ0) is 23.9. The van der Waals surface area contributed by atoms with Gasteiger partial charge in [0.25, 0.3) is 0 Å². The Kier molecular flexibility index (Phi) is 6.11. The number of imidazole rings is 1. The summed E-state index contributed by atoms with van der Waals surface area (Å²) in [6.07, 6.45) is -2.86. The third kappa shape index (κ3) is 4.69. The molecule has 0 aliphatic carbocycles. The molecule has 0 spiro atoms. The molecule has 4 rings (SSSR count). The Morgan fingerprint density at radius 2 is 1.79 bits per heavy atom. The summed E-state index contributed by atoms with van der Waals surface area (Å²) in [7, 11) is -4.80. The Labute approximate surface area is 184 Å². The van der Waals surface area contributed by atoms with Crippen LogP contribution in [0.15, 0.2) is 24.8 Å². The Balaban J connectivity index is 1.54. The van der Waals surface area contributed by atoms with Crippen molar-refractivity contribution in [2.45, 2.75) is 31.1 Å². The number of aliphatic hydroxyl groups is 2. The van der Waals surface area contributed by atoms with E-state index in [1.165, 1.54) is 29.4 Å². The molecule has 3 aromatic rings. The van der Waals surface area contributed by atoms with Gasteiger partial charge in [-0.2, -0.15) is 0 Å².